The van der Waals surface area contributed by atoms with Gasteiger partial charge in [-0.3, -0.25) is 4.79 Å². The van der Waals surface area contributed by atoms with E-state index in [1.54, 1.807) is 37.3 Å². The highest BCUT2D eigenvalue weighted by Gasteiger charge is 2.19. The summed E-state index contributed by atoms with van der Waals surface area (Å²) in [5.41, 5.74) is 1.12. The van der Waals surface area contributed by atoms with Gasteiger partial charge in [0.25, 0.3) is 0 Å². The van der Waals surface area contributed by atoms with Gasteiger partial charge in [0.15, 0.2) is 11.5 Å². The molecule has 2 aromatic rings. The minimum Gasteiger partial charge on any atom is -0.454 e. The van der Waals surface area contributed by atoms with E-state index in [9.17, 15) is 13.2 Å². The number of nitrogens with one attached hydrogen (secondary N) is 2. The van der Waals surface area contributed by atoms with Gasteiger partial charge in [-0.15, -0.1) is 0 Å². The van der Waals surface area contributed by atoms with Crippen LogP contribution in [0, 0.1) is 0 Å². The van der Waals surface area contributed by atoms with Crippen LogP contribution in [0.15, 0.2) is 47.4 Å². The Morgan fingerprint density at radius 1 is 1.07 bits per heavy atom. The second-order valence-electron chi connectivity index (χ2n) is 6.24. The molecule has 27 heavy (non-hydrogen) atoms. The van der Waals surface area contributed by atoms with Crippen molar-refractivity contribution in [2.45, 2.75) is 17.9 Å². The summed E-state index contributed by atoms with van der Waals surface area (Å²) >= 11 is 0. The molecule has 1 atom stereocenters. The lowest BCUT2D eigenvalue weighted by molar-refractivity contribution is -0.116. The zero-order valence-electron chi connectivity index (χ0n) is 15.2. The van der Waals surface area contributed by atoms with Gasteiger partial charge in [0.2, 0.25) is 22.7 Å². The number of benzene rings is 2. The quantitative estimate of drug-likeness (QED) is 0.783. The van der Waals surface area contributed by atoms with Crippen molar-refractivity contribution in [1.29, 1.82) is 0 Å². The minimum absolute atomic E-state index is 0.113. The smallest absolute Gasteiger partial charge is 0.246 e. The number of ether oxygens (including phenoxy) is 2. The van der Waals surface area contributed by atoms with Gasteiger partial charge in [0, 0.05) is 31.5 Å². The van der Waals surface area contributed by atoms with Crippen molar-refractivity contribution in [1.82, 2.24) is 4.31 Å². The van der Waals surface area contributed by atoms with Crippen LogP contribution in [0.25, 0.3) is 0 Å². The van der Waals surface area contributed by atoms with Gasteiger partial charge >= 0.3 is 0 Å². The summed E-state index contributed by atoms with van der Waals surface area (Å²) in [5.74, 6) is 0.984. The van der Waals surface area contributed by atoms with Crippen LogP contribution in [-0.4, -0.2) is 45.6 Å². The molecule has 2 aromatic carbocycles. The minimum atomic E-state index is -3.57. The molecule has 0 saturated carbocycles. The van der Waals surface area contributed by atoms with Crippen LogP contribution in [0.5, 0.6) is 11.5 Å². The van der Waals surface area contributed by atoms with Gasteiger partial charge < -0.3 is 20.1 Å². The summed E-state index contributed by atoms with van der Waals surface area (Å²) in [6, 6.07) is 10.9. The maximum atomic E-state index is 12.5. The van der Waals surface area contributed by atoms with Gasteiger partial charge in [0.1, 0.15) is 6.04 Å². The number of rotatable bonds is 6. The molecule has 0 fully saturated rings. The summed E-state index contributed by atoms with van der Waals surface area (Å²) in [7, 11) is -0.657. The normalized spacial score (nSPS) is 14.1. The Labute approximate surface area is 158 Å². The van der Waals surface area contributed by atoms with Crippen molar-refractivity contribution in [2.24, 2.45) is 0 Å². The molecule has 0 unspecified atom stereocenters. The number of amides is 1. The lowest BCUT2D eigenvalue weighted by atomic mass is 10.2. The van der Waals surface area contributed by atoms with Crippen LogP contribution in [-0.2, 0) is 14.8 Å². The number of hydrogen-bond donors (Lipinski definition) is 2. The molecule has 0 aromatic heterocycles. The van der Waals surface area contributed by atoms with E-state index in [4.69, 9.17) is 9.47 Å². The third-order valence-electron chi connectivity index (χ3n) is 4.03. The first kappa shape index (κ1) is 19.0. The molecule has 0 spiro atoms. The Morgan fingerprint density at radius 2 is 1.81 bits per heavy atom. The van der Waals surface area contributed by atoms with E-state index >= 15 is 0 Å². The topological polar surface area (TPSA) is 97.0 Å². The maximum Gasteiger partial charge on any atom is 0.246 e. The average molecular weight is 391 g/mol. The number of fused-ring (bicyclic) bond motifs is 1. The Kier molecular flexibility index (Phi) is 5.24. The van der Waals surface area contributed by atoms with Crippen LogP contribution in [0.4, 0.5) is 11.4 Å². The Hall–Kier alpha value is -2.78. The van der Waals surface area contributed by atoms with Crippen LogP contribution in [0.3, 0.4) is 0 Å². The van der Waals surface area contributed by atoms with Crippen LogP contribution in [0.2, 0.25) is 0 Å². The van der Waals surface area contributed by atoms with E-state index in [-0.39, 0.29) is 17.6 Å². The molecule has 9 heteroatoms. The molecule has 2 N–H and O–H groups in total. The van der Waals surface area contributed by atoms with Crippen molar-refractivity contribution in [3.63, 3.8) is 0 Å². The average Bonchev–Trinajstić information content (AvgIpc) is 3.09. The molecule has 1 aliphatic heterocycles. The number of hydrogen-bond acceptors (Lipinski definition) is 6. The zero-order chi connectivity index (χ0) is 19.6. The second kappa shape index (κ2) is 7.45. The Bertz CT molecular complexity index is 959. The fourth-order valence-corrected chi connectivity index (χ4v) is 3.45. The molecule has 1 amide bonds. The van der Waals surface area contributed by atoms with E-state index in [2.05, 4.69) is 10.6 Å². The zero-order valence-corrected chi connectivity index (χ0v) is 16.0. The molecule has 0 saturated heterocycles. The first-order chi connectivity index (χ1) is 12.8. The molecular weight excluding hydrogens is 370 g/mol. The van der Waals surface area contributed by atoms with Crippen LogP contribution in [0.1, 0.15) is 6.92 Å². The van der Waals surface area contributed by atoms with Crippen molar-refractivity contribution >= 4 is 27.3 Å². The van der Waals surface area contributed by atoms with Gasteiger partial charge in [0.05, 0.1) is 4.90 Å². The third kappa shape index (κ3) is 4.15. The van der Waals surface area contributed by atoms with Crippen LogP contribution < -0.4 is 20.1 Å². The van der Waals surface area contributed by atoms with Crippen molar-refractivity contribution < 1.29 is 22.7 Å². The standard InChI is InChI=1S/C18H21N3O5S/c1-12(19-14-7-8-16-17(10-14)26-11-25-16)18(22)20-13-5-4-6-15(9-13)27(23,24)21(2)3/h4-10,12,19H,11H2,1-3H3,(H,20,22)/t12-/m0/s1. The number of carbonyl (C=O) groups is 1. The van der Waals surface area contributed by atoms with Crippen molar-refractivity contribution in [3.8, 4) is 11.5 Å². The molecule has 1 heterocycles. The van der Waals surface area contributed by atoms with Gasteiger partial charge in [-0.25, -0.2) is 12.7 Å². The Balaban J connectivity index is 1.68. The number of sulfonamides is 1. The van der Waals surface area contributed by atoms with Gasteiger partial charge in [-0.05, 0) is 37.3 Å². The highest BCUT2D eigenvalue weighted by Crippen LogP contribution is 2.34. The van der Waals surface area contributed by atoms with Crippen molar-refractivity contribution in [2.75, 3.05) is 31.5 Å². The summed E-state index contributed by atoms with van der Waals surface area (Å²) < 4.78 is 36.1. The summed E-state index contributed by atoms with van der Waals surface area (Å²) in [6.07, 6.45) is 0. The monoisotopic (exact) mass is 391 g/mol. The number of nitrogens with zero attached hydrogens (tertiary/aromatic N) is 1. The first-order valence-corrected chi connectivity index (χ1v) is 9.71. The highest BCUT2D eigenvalue weighted by atomic mass is 32.2. The molecular formula is C18H21N3O5S. The molecule has 1 aliphatic rings. The van der Waals surface area contributed by atoms with E-state index in [1.165, 1.54) is 26.2 Å². The lowest BCUT2D eigenvalue weighted by Crippen LogP contribution is -2.32. The molecule has 0 radical (unpaired) electrons. The molecule has 0 bridgehead atoms. The second-order valence-corrected chi connectivity index (χ2v) is 8.39. The van der Waals surface area contributed by atoms with E-state index in [0.29, 0.717) is 22.9 Å². The highest BCUT2D eigenvalue weighted by molar-refractivity contribution is 7.89. The number of carbonyl (C=O) groups excluding carboxylic acids is 1. The van der Waals surface area contributed by atoms with E-state index < -0.39 is 16.1 Å². The number of anilines is 2. The molecule has 0 aliphatic carbocycles. The predicted molar refractivity (Wildman–Crippen MR) is 102 cm³/mol. The predicted octanol–water partition coefficient (Wildman–Crippen LogP) is 2.10. The van der Waals surface area contributed by atoms with Gasteiger partial charge in [-0.1, -0.05) is 6.07 Å². The lowest BCUT2D eigenvalue weighted by Gasteiger charge is -2.16. The first-order valence-electron chi connectivity index (χ1n) is 8.27. The largest absolute Gasteiger partial charge is 0.454 e. The summed E-state index contributed by atoms with van der Waals surface area (Å²) in [4.78, 5) is 12.6. The van der Waals surface area contributed by atoms with Crippen molar-refractivity contribution in [3.05, 3.63) is 42.5 Å². The fourth-order valence-electron chi connectivity index (χ4n) is 2.50. The van der Waals surface area contributed by atoms with E-state index in [0.717, 1.165) is 4.31 Å². The summed E-state index contributed by atoms with van der Waals surface area (Å²) in [5, 5.41) is 5.81. The Morgan fingerprint density at radius 3 is 2.56 bits per heavy atom. The molecule has 8 nitrogen and oxygen atoms in total. The fraction of sp³-hybridized carbons (Fsp3) is 0.278. The third-order valence-corrected chi connectivity index (χ3v) is 5.84. The van der Waals surface area contributed by atoms with E-state index in [1.807, 2.05) is 0 Å². The molecule has 3 rings (SSSR count). The summed E-state index contributed by atoms with van der Waals surface area (Å²) in [6.45, 7) is 1.89. The maximum absolute atomic E-state index is 12.5. The van der Waals surface area contributed by atoms with Gasteiger partial charge in [-0.2, -0.15) is 0 Å². The molecule has 144 valence electrons. The SMILES string of the molecule is C[C@H](Nc1ccc2c(c1)OCO2)C(=O)Nc1cccc(S(=O)(=O)N(C)C)c1. The van der Waals surface area contributed by atoms with Crippen LogP contribution >= 0.6 is 0 Å².